The third-order valence-corrected chi connectivity index (χ3v) is 6.15. The van der Waals surface area contributed by atoms with Crippen molar-refractivity contribution in [2.75, 3.05) is 39.8 Å². The summed E-state index contributed by atoms with van der Waals surface area (Å²) in [5.74, 6) is 0.798. The average molecular weight is 348 g/mol. The second kappa shape index (κ2) is 7.75. The molecule has 1 aliphatic heterocycles. The number of benzene rings is 1. The first-order chi connectivity index (χ1) is 12.0. The minimum atomic E-state index is -0.191. The highest BCUT2D eigenvalue weighted by Crippen LogP contribution is 2.41. The van der Waals surface area contributed by atoms with Gasteiger partial charge < -0.3 is 20.2 Å². The highest BCUT2D eigenvalue weighted by molar-refractivity contribution is 5.78. The Bertz CT molecular complexity index is 581. The second-order valence-electron chi connectivity index (χ2n) is 8.24. The number of hydrogen-bond acceptors (Lipinski definition) is 2. The predicted molar refractivity (Wildman–Crippen MR) is 98.0 cm³/mol. The molecule has 2 atom stereocenters. The molecule has 5 nitrogen and oxygen atoms in total. The molecule has 0 aromatic heterocycles. The summed E-state index contributed by atoms with van der Waals surface area (Å²) in [4.78, 5) is 15.7. The lowest BCUT2D eigenvalue weighted by Gasteiger charge is -2.42. The van der Waals surface area contributed by atoms with Gasteiger partial charge in [-0.25, -0.2) is 0 Å². The number of piperazine rings is 1. The first-order valence-corrected chi connectivity index (χ1v) is 9.71. The van der Waals surface area contributed by atoms with Gasteiger partial charge in [0.15, 0.2) is 6.54 Å². The molecule has 0 radical (unpaired) electrons. The number of amides is 1. The molecule has 0 unspecified atom stereocenters. The monoisotopic (exact) mass is 347 g/mol. The standard InChI is InChI=1S/C20H31N3O2/c1-20(21-19(25)15-23-13-11-22(2)12-14-23)10-4-3-5-18(20)16-6-8-17(24)9-7-16/h6-9,18,24H,3-5,10-15H2,1-2H3,(H,21,25)/p+2/t18-,20+/m1/s1. The summed E-state index contributed by atoms with van der Waals surface area (Å²) in [6.07, 6.45) is 4.47. The van der Waals surface area contributed by atoms with Gasteiger partial charge in [-0.15, -0.1) is 0 Å². The molecule has 1 heterocycles. The van der Waals surface area contributed by atoms with Crippen LogP contribution in [0.1, 0.15) is 44.1 Å². The summed E-state index contributed by atoms with van der Waals surface area (Å²) in [5, 5.41) is 12.9. The van der Waals surface area contributed by atoms with Crippen LogP contribution in [0.4, 0.5) is 0 Å². The van der Waals surface area contributed by atoms with Gasteiger partial charge in [0.2, 0.25) is 0 Å². The van der Waals surface area contributed by atoms with Crippen molar-refractivity contribution in [3.05, 3.63) is 29.8 Å². The number of likely N-dealkylation sites (N-methyl/N-ethyl adjacent to an activating group) is 1. The molecule has 5 heteroatoms. The topological polar surface area (TPSA) is 58.2 Å². The van der Waals surface area contributed by atoms with E-state index < -0.39 is 0 Å². The maximum Gasteiger partial charge on any atom is 0.275 e. The summed E-state index contributed by atoms with van der Waals surface area (Å²) < 4.78 is 0. The molecule has 1 amide bonds. The number of rotatable bonds is 4. The molecule has 1 aliphatic carbocycles. The van der Waals surface area contributed by atoms with Gasteiger partial charge in [-0.05, 0) is 37.5 Å². The molecule has 1 saturated heterocycles. The van der Waals surface area contributed by atoms with Crippen molar-refractivity contribution < 1.29 is 19.7 Å². The number of hydrogen-bond donors (Lipinski definition) is 4. The second-order valence-corrected chi connectivity index (χ2v) is 8.24. The van der Waals surface area contributed by atoms with Crippen molar-refractivity contribution in [2.45, 2.75) is 44.1 Å². The van der Waals surface area contributed by atoms with E-state index in [-0.39, 0.29) is 11.4 Å². The van der Waals surface area contributed by atoms with Crippen LogP contribution in [-0.2, 0) is 4.79 Å². The van der Waals surface area contributed by atoms with Crippen LogP contribution >= 0.6 is 0 Å². The van der Waals surface area contributed by atoms with Gasteiger partial charge in [0, 0.05) is 11.5 Å². The molecular weight excluding hydrogens is 314 g/mol. The van der Waals surface area contributed by atoms with Crippen molar-refractivity contribution in [1.82, 2.24) is 5.32 Å². The van der Waals surface area contributed by atoms with Crippen molar-refractivity contribution in [3.63, 3.8) is 0 Å². The third kappa shape index (κ3) is 4.53. The fraction of sp³-hybridized carbons (Fsp3) is 0.650. The van der Waals surface area contributed by atoms with Crippen LogP contribution in [0.15, 0.2) is 24.3 Å². The van der Waals surface area contributed by atoms with Crippen LogP contribution in [-0.4, -0.2) is 56.3 Å². The minimum absolute atomic E-state index is 0.183. The van der Waals surface area contributed by atoms with Gasteiger partial charge in [0.05, 0.1) is 7.05 Å². The molecular formula is C20H33N3O2+2. The van der Waals surface area contributed by atoms with E-state index in [1.54, 1.807) is 17.0 Å². The van der Waals surface area contributed by atoms with Gasteiger partial charge >= 0.3 is 0 Å². The summed E-state index contributed by atoms with van der Waals surface area (Å²) in [7, 11) is 2.22. The van der Waals surface area contributed by atoms with Gasteiger partial charge in [-0.1, -0.05) is 25.0 Å². The van der Waals surface area contributed by atoms with E-state index in [4.69, 9.17) is 0 Å². The molecule has 0 bridgehead atoms. The van der Waals surface area contributed by atoms with E-state index in [2.05, 4.69) is 19.3 Å². The highest BCUT2D eigenvalue weighted by atomic mass is 16.3. The number of carbonyl (C=O) groups excluding carboxylic acids is 1. The van der Waals surface area contributed by atoms with E-state index in [1.165, 1.54) is 16.9 Å². The van der Waals surface area contributed by atoms with Crippen molar-refractivity contribution in [2.24, 2.45) is 0 Å². The zero-order valence-corrected chi connectivity index (χ0v) is 15.6. The number of quaternary nitrogens is 2. The molecule has 2 fully saturated rings. The van der Waals surface area contributed by atoms with E-state index >= 15 is 0 Å². The molecule has 2 aliphatic rings. The molecule has 25 heavy (non-hydrogen) atoms. The normalized spacial score (nSPS) is 33.0. The van der Waals surface area contributed by atoms with Crippen LogP contribution in [0.5, 0.6) is 5.75 Å². The zero-order valence-electron chi connectivity index (χ0n) is 15.6. The quantitative estimate of drug-likeness (QED) is 0.584. The molecule has 4 N–H and O–H groups in total. The summed E-state index contributed by atoms with van der Waals surface area (Å²) in [6, 6.07) is 7.51. The SMILES string of the molecule is C[NH+]1CC[NH+](CC(=O)N[C@@]2(C)CCCC[C@@H]2c2ccc(O)cc2)CC1. The Morgan fingerprint density at radius 2 is 1.88 bits per heavy atom. The lowest BCUT2D eigenvalue weighted by atomic mass is 9.70. The van der Waals surface area contributed by atoms with Crippen LogP contribution < -0.4 is 15.1 Å². The average Bonchev–Trinajstić information content (AvgIpc) is 2.58. The largest absolute Gasteiger partial charge is 0.508 e. The van der Waals surface area contributed by atoms with Gasteiger partial charge in [-0.2, -0.15) is 0 Å². The minimum Gasteiger partial charge on any atom is -0.508 e. The Morgan fingerprint density at radius 1 is 1.20 bits per heavy atom. The Hall–Kier alpha value is -1.59. The maximum atomic E-state index is 12.7. The number of phenolic OH excluding ortho intramolecular Hbond substituents is 1. The lowest BCUT2D eigenvalue weighted by Crippen LogP contribution is -3.27. The number of carbonyl (C=O) groups is 1. The first-order valence-electron chi connectivity index (χ1n) is 9.71. The Kier molecular flexibility index (Phi) is 5.64. The van der Waals surface area contributed by atoms with Crippen molar-refractivity contribution in [3.8, 4) is 5.75 Å². The van der Waals surface area contributed by atoms with Crippen LogP contribution in [0, 0.1) is 0 Å². The molecule has 138 valence electrons. The number of aromatic hydroxyl groups is 1. The van der Waals surface area contributed by atoms with E-state index in [0.717, 1.165) is 45.4 Å². The zero-order chi connectivity index (χ0) is 17.9. The Labute approximate surface area is 151 Å². The van der Waals surface area contributed by atoms with Gasteiger partial charge in [0.1, 0.15) is 31.9 Å². The maximum absolute atomic E-state index is 12.7. The Balaban J connectivity index is 1.65. The summed E-state index contributed by atoms with van der Waals surface area (Å²) in [5.41, 5.74) is 1.03. The van der Waals surface area contributed by atoms with Gasteiger partial charge in [0.25, 0.3) is 5.91 Å². The van der Waals surface area contributed by atoms with E-state index in [0.29, 0.717) is 18.2 Å². The van der Waals surface area contributed by atoms with E-state index in [1.807, 2.05) is 12.1 Å². The van der Waals surface area contributed by atoms with Crippen LogP contribution in [0.2, 0.25) is 0 Å². The molecule has 1 saturated carbocycles. The smallest absolute Gasteiger partial charge is 0.275 e. The molecule has 1 aromatic carbocycles. The van der Waals surface area contributed by atoms with Crippen LogP contribution in [0.3, 0.4) is 0 Å². The fourth-order valence-electron chi connectivity index (χ4n) is 4.52. The number of nitrogens with one attached hydrogen (secondary N) is 3. The molecule has 0 spiro atoms. The summed E-state index contributed by atoms with van der Waals surface area (Å²) >= 11 is 0. The Morgan fingerprint density at radius 3 is 2.56 bits per heavy atom. The first kappa shape index (κ1) is 18.2. The van der Waals surface area contributed by atoms with Crippen molar-refractivity contribution >= 4 is 5.91 Å². The summed E-state index contributed by atoms with van der Waals surface area (Å²) in [6.45, 7) is 7.25. The van der Waals surface area contributed by atoms with E-state index in [9.17, 15) is 9.90 Å². The third-order valence-electron chi connectivity index (χ3n) is 6.15. The van der Waals surface area contributed by atoms with Crippen LogP contribution in [0.25, 0.3) is 0 Å². The van der Waals surface area contributed by atoms with Crippen molar-refractivity contribution in [1.29, 1.82) is 0 Å². The molecule has 1 aromatic rings. The fourth-order valence-corrected chi connectivity index (χ4v) is 4.52. The van der Waals surface area contributed by atoms with Gasteiger partial charge in [-0.3, -0.25) is 4.79 Å². The lowest BCUT2D eigenvalue weighted by molar-refractivity contribution is -1.000. The molecule has 3 rings (SSSR count). The number of phenols is 1. The highest BCUT2D eigenvalue weighted by Gasteiger charge is 2.39. The predicted octanol–water partition coefficient (Wildman–Crippen LogP) is -0.662.